The van der Waals surface area contributed by atoms with Gasteiger partial charge >= 0.3 is 0 Å². The summed E-state index contributed by atoms with van der Waals surface area (Å²) in [6.07, 6.45) is 0. The molecule has 0 aliphatic heterocycles. The first kappa shape index (κ1) is 11.9. The summed E-state index contributed by atoms with van der Waals surface area (Å²) in [5.74, 6) is 0.269. The first-order valence-electron chi connectivity index (χ1n) is 5.34. The van der Waals surface area contributed by atoms with Crippen molar-refractivity contribution in [2.45, 2.75) is 6.92 Å². The lowest BCUT2D eigenvalue weighted by Crippen LogP contribution is -1.96. The van der Waals surface area contributed by atoms with E-state index in [4.69, 9.17) is 15.7 Å². The molecule has 0 spiro atoms. The molecule has 0 amide bonds. The lowest BCUT2D eigenvalue weighted by Gasteiger charge is -2.11. The number of hydrogen-bond acceptors (Lipinski definition) is 3. The molecular formula is C14H11FN2O. The molecule has 0 radical (unpaired) electrons. The zero-order chi connectivity index (χ0) is 13.1. The standard InChI is InChI=1S/C14H11FN2O/c1-9-3-2-4-13(14(9)17)18-12-6-5-11(15)7-10(12)8-16/h2-7H,17H2,1H3. The zero-order valence-corrected chi connectivity index (χ0v) is 9.77. The van der Waals surface area contributed by atoms with Crippen molar-refractivity contribution < 1.29 is 9.13 Å². The van der Waals surface area contributed by atoms with Crippen molar-refractivity contribution >= 4 is 5.69 Å². The highest BCUT2D eigenvalue weighted by Gasteiger charge is 2.09. The maximum absolute atomic E-state index is 13.0. The summed E-state index contributed by atoms with van der Waals surface area (Å²) < 4.78 is 18.5. The number of halogens is 1. The first-order chi connectivity index (χ1) is 8.61. The molecular weight excluding hydrogens is 231 g/mol. The van der Waals surface area contributed by atoms with Crippen molar-refractivity contribution in [3.05, 3.63) is 53.3 Å². The Labute approximate surface area is 104 Å². The van der Waals surface area contributed by atoms with Crippen molar-refractivity contribution in [3.63, 3.8) is 0 Å². The van der Waals surface area contributed by atoms with E-state index in [1.165, 1.54) is 12.1 Å². The maximum atomic E-state index is 13.0. The fourth-order valence-electron chi connectivity index (χ4n) is 1.54. The molecule has 0 fully saturated rings. The number of nitriles is 1. The number of ether oxygens (including phenoxy) is 1. The molecule has 0 aliphatic carbocycles. The van der Waals surface area contributed by atoms with Crippen molar-refractivity contribution in [3.8, 4) is 17.6 Å². The molecule has 0 aromatic heterocycles. The van der Waals surface area contributed by atoms with Gasteiger partial charge in [-0.3, -0.25) is 0 Å². The van der Waals surface area contributed by atoms with Crippen LogP contribution in [0.25, 0.3) is 0 Å². The van der Waals surface area contributed by atoms with E-state index in [0.717, 1.165) is 11.6 Å². The minimum atomic E-state index is -0.476. The molecule has 90 valence electrons. The van der Waals surface area contributed by atoms with E-state index >= 15 is 0 Å². The van der Waals surface area contributed by atoms with Gasteiger partial charge in [0.15, 0.2) is 5.75 Å². The van der Waals surface area contributed by atoms with Gasteiger partial charge in [-0.1, -0.05) is 12.1 Å². The summed E-state index contributed by atoms with van der Waals surface area (Å²) in [4.78, 5) is 0. The van der Waals surface area contributed by atoms with Gasteiger partial charge in [0, 0.05) is 0 Å². The summed E-state index contributed by atoms with van der Waals surface area (Å²) in [6, 6.07) is 11.0. The van der Waals surface area contributed by atoms with Gasteiger partial charge in [0.25, 0.3) is 0 Å². The van der Waals surface area contributed by atoms with Crippen LogP contribution in [0.15, 0.2) is 36.4 Å². The van der Waals surface area contributed by atoms with Gasteiger partial charge in [0.05, 0.1) is 11.3 Å². The fourth-order valence-corrected chi connectivity index (χ4v) is 1.54. The summed E-state index contributed by atoms with van der Waals surface area (Å²) in [5.41, 5.74) is 7.39. The predicted octanol–water partition coefficient (Wildman–Crippen LogP) is 3.38. The lowest BCUT2D eigenvalue weighted by atomic mass is 10.2. The molecule has 3 nitrogen and oxygen atoms in total. The van der Waals surface area contributed by atoms with Crippen LogP contribution in [0.2, 0.25) is 0 Å². The highest BCUT2D eigenvalue weighted by atomic mass is 19.1. The van der Waals surface area contributed by atoms with E-state index in [9.17, 15) is 4.39 Å². The molecule has 0 atom stereocenters. The van der Waals surface area contributed by atoms with Gasteiger partial charge in [0.2, 0.25) is 0 Å². The second-order valence-corrected chi connectivity index (χ2v) is 3.84. The van der Waals surface area contributed by atoms with Crippen LogP contribution < -0.4 is 10.5 Å². The molecule has 4 heteroatoms. The Balaban J connectivity index is 2.41. The molecule has 0 bridgehead atoms. The lowest BCUT2D eigenvalue weighted by molar-refractivity contribution is 0.481. The SMILES string of the molecule is Cc1cccc(Oc2ccc(F)cc2C#N)c1N. The number of nitrogens with zero attached hydrogens (tertiary/aromatic N) is 1. The van der Waals surface area contributed by atoms with E-state index in [2.05, 4.69) is 0 Å². The molecule has 0 aliphatic rings. The Hall–Kier alpha value is -2.54. The van der Waals surface area contributed by atoms with Crippen LogP contribution in [0.3, 0.4) is 0 Å². The van der Waals surface area contributed by atoms with Crippen molar-refractivity contribution in [2.75, 3.05) is 5.73 Å². The van der Waals surface area contributed by atoms with Crippen molar-refractivity contribution in [2.24, 2.45) is 0 Å². The largest absolute Gasteiger partial charge is 0.454 e. The topological polar surface area (TPSA) is 59.0 Å². The monoisotopic (exact) mass is 242 g/mol. The Kier molecular flexibility index (Phi) is 3.16. The average molecular weight is 242 g/mol. The third kappa shape index (κ3) is 2.25. The number of anilines is 1. The number of nitrogen functional groups attached to an aromatic ring is 1. The molecule has 0 saturated heterocycles. The van der Waals surface area contributed by atoms with Crippen molar-refractivity contribution in [1.82, 2.24) is 0 Å². The highest BCUT2D eigenvalue weighted by Crippen LogP contribution is 2.31. The van der Waals surface area contributed by atoms with Crippen molar-refractivity contribution in [1.29, 1.82) is 5.26 Å². The van der Waals surface area contributed by atoms with E-state index in [0.29, 0.717) is 11.4 Å². The van der Waals surface area contributed by atoms with E-state index < -0.39 is 5.82 Å². The van der Waals surface area contributed by atoms with Crippen LogP contribution in [0, 0.1) is 24.1 Å². The quantitative estimate of drug-likeness (QED) is 0.821. The minimum absolute atomic E-state index is 0.135. The summed E-state index contributed by atoms with van der Waals surface area (Å²) in [6.45, 7) is 1.86. The smallest absolute Gasteiger partial charge is 0.150 e. The first-order valence-corrected chi connectivity index (χ1v) is 5.34. The number of para-hydroxylation sites is 1. The average Bonchev–Trinajstić information content (AvgIpc) is 2.37. The van der Waals surface area contributed by atoms with Crippen LogP contribution in [-0.2, 0) is 0 Å². The van der Waals surface area contributed by atoms with Crippen LogP contribution in [-0.4, -0.2) is 0 Å². The molecule has 2 rings (SSSR count). The van der Waals surface area contributed by atoms with E-state index in [1.807, 2.05) is 19.1 Å². The summed E-state index contributed by atoms with van der Waals surface area (Å²) >= 11 is 0. The third-order valence-electron chi connectivity index (χ3n) is 2.57. The van der Waals surface area contributed by atoms with E-state index in [1.54, 1.807) is 12.1 Å². The Morgan fingerprint density at radius 1 is 1.22 bits per heavy atom. The Bertz CT molecular complexity index is 632. The number of hydrogen-bond donors (Lipinski definition) is 1. The van der Waals surface area contributed by atoms with Crippen LogP contribution in [0.1, 0.15) is 11.1 Å². The number of benzene rings is 2. The number of rotatable bonds is 2. The Morgan fingerprint density at radius 3 is 2.72 bits per heavy atom. The zero-order valence-electron chi connectivity index (χ0n) is 9.77. The van der Waals surface area contributed by atoms with Gasteiger partial charge in [-0.2, -0.15) is 5.26 Å². The number of nitrogens with two attached hydrogens (primary N) is 1. The maximum Gasteiger partial charge on any atom is 0.150 e. The minimum Gasteiger partial charge on any atom is -0.454 e. The predicted molar refractivity (Wildman–Crippen MR) is 66.8 cm³/mol. The molecule has 18 heavy (non-hydrogen) atoms. The normalized spacial score (nSPS) is 9.83. The van der Waals surface area contributed by atoms with Gasteiger partial charge in [-0.25, -0.2) is 4.39 Å². The highest BCUT2D eigenvalue weighted by molar-refractivity contribution is 5.59. The molecule has 2 aromatic carbocycles. The summed E-state index contributed by atoms with van der Waals surface area (Å²) in [5, 5.41) is 8.92. The second kappa shape index (κ2) is 4.76. The van der Waals surface area contributed by atoms with Crippen LogP contribution >= 0.6 is 0 Å². The fraction of sp³-hybridized carbons (Fsp3) is 0.0714. The van der Waals surface area contributed by atoms with Crippen LogP contribution in [0.5, 0.6) is 11.5 Å². The summed E-state index contributed by atoms with van der Waals surface area (Å²) in [7, 11) is 0. The Morgan fingerprint density at radius 2 is 2.00 bits per heavy atom. The molecule has 0 heterocycles. The van der Waals surface area contributed by atoms with Gasteiger partial charge < -0.3 is 10.5 Å². The third-order valence-corrected chi connectivity index (χ3v) is 2.57. The van der Waals surface area contributed by atoms with Gasteiger partial charge in [0.1, 0.15) is 17.6 Å². The molecule has 2 aromatic rings. The van der Waals surface area contributed by atoms with Gasteiger partial charge in [-0.05, 0) is 36.8 Å². The second-order valence-electron chi connectivity index (χ2n) is 3.84. The molecule has 0 unspecified atom stereocenters. The number of aryl methyl sites for hydroxylation is 1. The van der Waals surface area contributed by atoms with Crippen LogP contribution in [0.4, 0.5) is 10.1 Å². The molecule has 2 N–H and O–H groups in total. The van der Waals surface area contributed by atoms with E-state index in [-0.39, 0.29) is 11.3 Å². The molecule has 0 saturated carbocycles. The van der Waals surface area contributed by atoms with Gasteiger partial charge in [-0.15, -0.1) is 0 Å².